The fourth-order valence-corrected chi connectivity index (χ4v) is 5.54. The van der Waals surface area contributed by atoms with Crippen LogP contribution in [0.15, 0.2) is 0 Å². The molecule has 2 heterocycles. The van der Waals surface area contributed by atoms with Crippen LogP contribution in [0, 0.1) is 0 Å². The van der Waals surface area contributed by atoms with E-state index in [4.69, 9.17) is 0 Å². The van der Waals surface area contributed by atoms with Gasteiger partial charge in [0, 0.05) is 31.7 Å². The van der Waals surface area contributed by atoms with Crippen molar-refractivity contribution in [2.45, 2.75) is 36.4 Å². The lowest BCUT2D eigenvalue weighted by molar-refractivity contribution is -0.145. The lowest BCUT2D eigenvalue weighted by atomic mass is 9.44. The van der Waals surface area contributed by atoms with Gasteiger partial charge in [-0.2, -0.15) is 0 Å². The van der Waals surface area contributed by atoms with Crippen molar-refractivity contribution in [1.29, 1.82) is 0 Å². The molecule has 5 rings (SSSR count). The van der Waals surface area contributed by atoms with Crippen LogP contribution in [0.5, 0.6) is 0 Å². The SMILES string of the molecule is CS(=O)(=O)NC12CC(N3C[C@H]4CNCCN4C3=O)(C1)C2. The Morgan fingerprint density at radius 3 is 2.65 bits per heavy atom. The first-order chi connectivity index (χ1) is 9.33. The molecule has 0 aromatic heterocycles. The van der Waals surface area contributed by atoms with Crippen LogP contribution in [0.4, 0.5) is 4.79 Å². The molecule has 7 nitrogen and oxygen atoms in total. The minimum absolute atomic E-state index is 0.0773. The Labute approximate surface area is 118 Å². The van der Waals surface area contributed by atoms with Crippen molar-refractivity contribution in [3.8, 4) is 0 Å². The molecule has 0 radical (unpaired) electrons. The van der Waals surface area contributed by atoms with Crippen molar-refractivity contribution in [2.24, 2.45) is 0 Å². The molecule has 0 unspecified atom stereocenters. The number of hydrogen-bond donors (Lipinski definition) is 2. The Balaban J connectivity index is 1.46. The summed E-state index contributed by atoms with van der Waals surface area (Å²) in [5, 5.41) is 3.32. The van der Waals surface area contributed by atoms with Crippen LogP contribution < -0.4 is 10.0 Å². The van der Waals surface area contributed by atoms with Gasteiger partial charge >= 0.3 is 6.03 Å². The number of fused-ring (bicyclic) bond motifs is 1. The van der Waals surface area contributed by atoms with Gasteiger partial charge in [0.25, 0.3) is 0 Å². The van der Waals surface area contributed by atoms with Crippen molar-refractivity contribution in [1.82, 2.24) is 19.8 Å². The zero-order chi connectivity index (χ0) is 14.2. The van der Waals surface area contributed by atoms with Crippen LogP contribution in [0.3, 0.4) is 0 Å². The highest BCUT2D eigenvalue weighted by atomic mass is 32.2. The minimum Gasteiger partial charge on any atom is -0.317 e. The number of nitrogens with zero attached hydrogens (tertiary/aromatic N) is 2. The van der Waals surface area contributed by atoms with Gasteiger partial charge in [0.15, 0.2) is 0 Å². The van der Waals surface area contributed by atoms with Gasteiger partial charge in [-0.1, -0.05) is 0 Å². The second kappa shape index (κ2) is 3.66. The maximum absolute atomic E-state index is 12.5. The molecule has 2 N–H and O–H groups in total. The van der Waals surface area contributed by atoms with E-state index in [1.165, 1.54) is 6.26 Å². The zero-order valence-corrected chi connectivity index (χ0v) is 12.4. The molecule has 112 valence electrons. The molecule has 1 atom stereocenters. The number of carbonyl (C=O) groups is 1. The quantitative estimate of drug-likeness (QED) is 0.695. The van der Waals surface area contributed by atoms with E-state index in [1.807, 2.05) is 9.80 Å². The lowest BCUT2D eigenvalue weighted by Gasteiger charge is -2.72. The van der Waals surface area contributed by atoms with Gasteiger partial charge in [0.05, 0.1) is 17.8 Å². The van der Waals surface area contributed by atoms with Gasteiger partial charge in [-0.25, -0.2) is 17.9 Å². The Kier molecular flexibility index (Phi) is 2.35. The van der Waals surface area contributed by atoms with Gasteiger partial charge in [-0.15, -0.1) is 0 Å². The van der Waals surface area contributed by atoms with Crippen LogP contribution in [0.2, 0.25) is 0 Å². The summed E-state index contributed by atoms with van der Waals surface area (Å²) in [5.74, 6) is 0. The summed E-state index contributed by atoms with van der Waals surface area (Å²) < 4.78 is 25.4. The number of sulfonamides is 1. The molecular weight excluding hydrogens is 280 g/mol. The Bertz CT molecular complexity index is 555. The van der Waals surface area contributed by atoms with E-state index in [9.17, 15) is 13.2 Å². The summed E-state index contributed by atoms with van der Waals surface area (Å²) >= 11 is 0. The largest absolute Gasteiger partial charge is 0.320 e. The van der Waals surface area contributed by atoms with E-state index in [1.54, 1.807) is 0 Å². The molecule has 20 heavy (non-hydrogen) atoms. The average Bonchev–Trinajstić information content (AvgIpc) is 2.59. The summed E-state index contributed by atoms with van der Waals surface area (Å²) in [4.78, 5) is 16.4. The minimum atomic E-state index is -3.16. The number of nitrogens with one attached hydrogen (secondary N) is 2. The van der Waals surface area contributed by atoms with E-state index in [0.29, 0.717) is 0 Å². The number of amides is 2. The van der Waals surface area contributed by atoms with Gasteiger partial charge in [-0.05, 0) is 19.3 Å². The number of rotatable bonds is 3. The highest BCUT2D eigenvalue weighted by Crippen LogP contribution is 2.64. The third-order valence-corrected chi connectivity index (χ3v) is 6.00. The fraction of sp³-hybridized carbons (Fsp3) is 0.917. The predicted octanol–water partition coefficient (Wildman–Crippen LogP) is -1.08. The van der Waals surface area contributed by atoms with Gasteiger partial charge in [-0.3, -0.25) is 0 Å². The van der Waals surface area contributed by atoms with E-state index >= 15 is 0 Å². The number of carbonyl (C=O) groups excluding carboxylic acids is 1. The van der Waals surface area contributed by atoms with Crippen molar-refractivity contribution >= 4 is 16.1 Å². The second-order valence-electron chi connectivity index (χ2n) is 6.85. The standard InChI is InChI=1S/C12H20N4O3S/c1-20(18,19)14-11-6-12(7-11,8-11)16-5-9-4-13-2-3-15(9)10(16)17/h9,13-14H,2-8H2,1H3/t9-,11?,12?/m1/s1. The number of hydrogen-bond acceptors (Lipinski definition) is 4. The fourth-order valence-electron chi connectivity index (χ4n) is 4.54. The summed E-state index contributed by atoms with van der Waals surface area (Å²) in [7, 11) is -3.16. The zero-order valence-electron chi connectivity index (χ0n) is 11.6. The monoisotopic (exact) mass is 300 g/mol. The maximum Gasteiger partial charge on any atom is 0.320 e. The molecule has 5 fully saturated rings. The van der Waals surface area contributed by atoms with Gasteiger partial charge in [0.2, 0.25) is 10.0 Å². The molecule has 2 bridgehead atoms. The Hall–Kier alpha value is -0.860. The molecule has 3 saturated carbocycles. The van der Waals surface area contributed by atoms with Crippen LogP contribution >= 0.6 is 0 Å². The molecule has 0 spiro atoms. The first-order valence-corrected chi connectivity index (χ1v) is 9.00. The van der Waals surface area contributed by atoms with Crippen molar-refractivity contribution in [2.75, 3.05) is 32.4 Å². The van der Waals surface area contributed by atoms with Crippen LogP contribution in [0.25, 0.3) is 0 Å². The highest BCUT2D eigenvalue weighted by Gasteiger charge is 2.73. The van der Waals surface area contributed by atoms with Crippen LogP contribution in [-0.4, -0.2) is 73.8 Å². The van der Waals surface area contributed by atoms with Crippen molar-refractivity contribution in [3.63, 3.8) is 0 Å². The molecule has 2 saturated heterocycles. The summed E-state index contributed by atoms with van der Waals surface area (Å²) in [6.07, 6.45) is 3.51. The highest BCUT2D eigenvalue weighted by molar-refractivity contribution is 7.88. The van der Waals surface area contributed by atoms with E-state index < -0.39 is 10.0 Å². The van der Waals surface area contributed by atoms with Crippen molar-refractivity contribution in [3.05, 3.63) is 0 Å². The average molecular weight is 300 g/mol. The third kappa shape index (κ3) is 1.64. The van der Waals surface area contributed by atoms with Crippen molar-refractivity contribution < 1.29 is 13.2 Å². The summed E-state index contributed by atoms with van der Waals surface area (Å²) in [5.41, 5.74) is -0.346. The van der Waals surface area contributed by atoms with E-state index in [-0.39, 0.29) is 23.2 Å². The molecule has 0 aromatic rings. The van der Waals surface area contributed by atoms with Gasteiger partial charge in [0.1, 0.15) is 0 Å². The number of urea groups is 1. The number of piperazine rings is 1. The van der Waals surface area contributed by atoms with Crippen LogP contribution in [0.1, 0.15) is 19.3 Å². The normalized spacial score (nSPS) is 43.0. The predicted molar refractivity (Wildman–Crippen MR) is 72.8 cm³/mol. The molecule has 5 aliphatic rings. The summed E-state index contributed by atoms with van der Waals surface area (Å²) in [6, 6.07) is 0.424. The van der Waals surface area contributed by atoms with E-state index in [0.717, 1.165) is 45.4 Å². The van der Waals surface area contributed by atoms with E-state index in [2.05, 4.69) is 10.0 Å². The molecule has 2 amide bonds. The third-order valence-electron chi connectivity index (χ3n) is 5.20. The summed E-state index contributed by atoms with van der Waals surface area (Å²) in [6.45, 7) is 3.29. The molecular formula is C12H20N4O3S. The maximum atomic E-state index is 12.5. The Morgan fingerprint density at radius 2 is 2.05 bits per heavy atom. The molecule has 3 aliphatic carbocycles. The first-order valence-electron chi connectivity index (χ1n) is 7.11. The molecule has 2 aliphatic heterocycles. The van der Waals surface area contributed by atoms with Gasteiger partial charge < -0.3 is 15.1 Å². The smallest absolute Gasteiger partial charge is 0.317 e. The molecule has 0 aromatic carbocycles. The first kappa shape index (κ1) is 12.8. The lowest BCUT2D eigenvalue weighted by Crippen LogP contribution is -2.83. The van der Waals surface area contributed by atoms with Crippen LogP contribution in [-0.2, 0) is 10.0 Å². The topological polar surface area (TPSA) is 81.8 Å². The Morgan fingerprint density at radius 1 is 1.35 bits per heavy atom. The molecule has 8 heteroatoms. The second-order valence-corrected chi connectivity index (χ2v) is 8.60.